The Hall–Kier alpha value is -3.19. The molecule has 1 unspecified atom stereocenters. The third-order valence-corrected chi connectivity index (χ3v) is 4.62. The lowest BCUT2D eigenvalue weighted by atomic mass is 10.1. The van der Waals surface area contributed by atoms with Gasteiger partial charge in [-0.3, -0.25) is 4.79 Å². The van der Waals surface area contributed by atoms with Crippen LogP contribution in [0.4, 0.5) is 5.95 Å². The van der Waals surface area contributed by atoms with E-state index in [2.05, 4.69) is 25.3 Å². The largest absolute Gasteiger partial charge is 0.347 e. The van der Waals surface area contributed by atoms with Crippen molar-refractivity contribution in [3.63, 3.8) is 0 Å². The average Bonchev–Trinajstić information content (AvgIpc) is 3.07. The number of halogens is 1. The second kappa shape index (κ2) is 6.85. The summed E-state index contributed by atoms with van der Waals surface area (Å²) in [7, 11) is 1.90. The maximum atomic E-state index is 12.5. The number of nitrogens with one attached hydrogen (secondary N) is 2. The van der Waals surface area contributed by atoms with Crippen LogP contribution in [-0.4, -0.2) is 24.5 Å². The predicted molar refractivity (Wildman–Crippen MR) is 106 cm³/mol. The molecule has 1 aromatic carbocycles. The van der Waals surface area contributed by atoms with Gasteiger partial charge in [0.05, 0.1) is 30.0 Å². The van der Waals surface area contributed by atoms with Crippen LogP contribution in [0.2, 0.25) is 5.02 Å². The van der Waals surface area contributed by atoms with Crippen LogP contribution < -0.4 is 10.9 Å². The molecule has 7 nitrogen and oxygen atoms in total. The van der Waals surface area contributed by atoms with Gasteiger partial charge in [0.25, 0.3) is 5.56 Å². The molecular formula is C19H17ClN6O. The van der Waals surface area contributed by atoms with Crippen LogP contribution in [0.3, 0.4) is 0 Å². The molecule has 0 saturated heterocycles. The van der Waals surface area contributed by atoms with Gasteiger partial charge in [0.15, 0.2) is 0 Å². The standard InChI is InChI=1S/C19H17ClN6O/c1-11(14-8-12-7-13(20)3-4-15(12)24-18(14)27)23-19-22-6-5-16(25-19)17-9-21-10-26(17)2/h3-11H,1-2H3,(H,24,27)(H,22,23,25). The molecule has 27 heavy (non-hydrogen) atoms. The molecule has 8 heteroatoms. The molecule has 0 aliphatic carbocycles. The Balaban J connectivity index is 1.65. The van der Waals surface area contributed by atoms with Crippen LogP contribution in [0, 0.1) is 0 Å². The van der Waals surface area contributed by atoms with Gasteiger partial charge in [0, 0.05) is 34.7 Å². The summed E-state index contributed by atoms with van der Waals surface area (Å²) in [6, 6.07) is 8.72. The lowest BCUT2D eigenvalue weighted by Gasteiger charge is -2.14. The molecule has 4 rings (SSSR count). The SMILES string of the molecule is CC(Nc1nccc(-c2cncn2C)n1)c1cc2cc(Cl)ccc2[nH]c1=O. The molecule has 0 radical (unpaired) electrons. The number of aryl methyl sites for hydroxylation is 1. The summed E-state index contributed by atoms with van der Waals surface area (Å²) >= 11 is 6.06. The van der Waals surface area contributed by atoms with E-state index in [-0.39, 0.29) is 11.6 Å². The monoisotopic (exact) mass is 380 g/mol. The summed E-state index contributed by atoms with van der Waals surface area (Å²) in [5, 5.41) is 4.68. The van der Waals surface area contributed by atoms with Gasteiger partial charge >= 0.3 is 0 Å². The predicted octanol–water partition coefficient (Wildman–Crippen LogP) is 3.55. The quantitative estimate of drug-likeness (QED) is 0.565. The van der Waals surface area contributed by atoms with E-state index in [0.717, 1.165) is 22.3 Å². The normalized spacial score (nSPS) is 12.3. The van der Waals surface area contributed by atoms with E-state index in [1.807, 2.05) is 36.7 Å². The van der Waals surface area contributed by atoms with Crippen LogP contribution >= 0.6 is 11.6 Å². The third-order valence-electron chi connectivity index (χ3n) is 4.38. The first-order valence-corrected chi connectivity index (χ1v) is 8.78. The molecule has 0 fully saturated rings. The van der Waals surface area contributed by atoms with E-state index < -0.39 is 0 Å². The number of hydrogen-bond acceptors (Lipinski definition) is 5. The number of H-pyrrole nitrogens is 1. The molecule has 136 valence electrons. The summed E-state index contributed by atoms with van der Waals surface area (Å²) in [5.74, 6) is 0.437. The molecule has 0 aliphatic rings. The Labute approximate surface area is 160 Å². The number of rotatable bonds is 4. The molecule has 0 spiro atoms. The van der Waals surface area contributed by atoms with E-state index >= 15 is 0 Å². The van der Waals surface area contributed by atoms with Gasteiger partial charge in [-0.05, 0) is 37.3 Å². The van der Waals surface area contributed by atoms with Crippen molar-refractivity contribution in [1.82, 2.24) is 24.5 Å². The molecule has 0 amide bonds. The topological polar surface area (TPSA) is 88.5 Å². The lowest BCUT2D eigenvalue weighted by Crippen LogP contribution is -2.20. The Morgan fingerprint density at radius 3 is 2.89 bits per heavy atom. The van der Waals surface area contributed by atoms with Crippen molar-refractivity contribution in [3.8, 4) is 11.4 Å². The third kappa shape index (κ3) is 3.41. The summed E-state index contributed by atoms with van der Waals surface area (Å²) in [5.41, 5.74) is 2.80. The van der Waals surface area contributed by atoms with Crippen molar-refractivity contribution in [2.75, 3.05) is 5.32 Å². The molecule has 0 bridgehead atoms. The number of hydrogen-bond donors (Lipinski definition) is 2. The smallest absolute Gasteiger partial charge is 0.253 e. The highest BCUT2D eigenvalue weighted by Crippen LogP contribution is 2.22. The number of benzene rings is 1. The van der Waals surface area contributed by atoms with E-state index in [0.29, 0.717) is 16.5 Å². The van der Waals surface area contributed by atoms with Crippen molar-refractivity contribution in [3.05, 3.63) is 70.0 Å². The Morgan fingerprint density at radius 1 is 1.26 bits per heavy atom. The van der Waals surface area contributed by atoms with Crippen LogP contribution in [-0.2, 0) is 7.05 Å². The highest BCUT2D eigenvalue weighted by atomic mass is 35.5. The van der Waals surface area contributed by atoms with Crippen molar-refractivity contribution < 1.29 is 0 Å². The zero-order valence-corrected chi connectivity index (χ0v) is 15.5. The summed E-state index contributed by atoms with van der Waals surface area (Å²) in [6.07, 6.45) is 5.13. The number of imidazole rings is 1. The second-order valence-corrected chi connectivity index (χ2v) is 6.74. The van der Waals surface area contributed by atoms with Gasteiger partial charge in [-0.2, -0.15) is 0 Å². The van der Waals surface area contributed by atoms with Gasteiger partial charge in [-0.25, -0.2) is 15.0 Å². The van der Waals surface area contributed by atoms with E-state index in [9.17, 15) is 4.79 Å². The minimum Gasteiger partial charge on any atom is -0.347 e. The van der Waals surface area contributed by atoms with Crippen LogP contribution in [0.5, 0.6) is 0 Å². The van der Waals surface area contributed by atoms with Gasteiger partial charge in [-0.1, -0.05) is 11.6 Å². The van der Waals surface area contributed by atoms with Crippen LogP contribution in [0.1, 0.15) is 18.5 Å². The van der Waals surface area contributed by atoms with E-state index in [1.165, 1.54) is 0 Å². The molecule has 3 heterocycles. The molecule has 0 aliphatic heterocycles. The molecular weight excluding hydrogens is 364 g/mol. The fourth-order valence-corrected chi connectivity index (χ4v) is 3.14. The zero-order valence-electron chi connectivity index (χ0n) is 14.8. The maximum absolute atomic E-state index is 12.5. The Morgan fingerprint density at radius 2 is 2.11 bits per heavy atom. The van der Waals surface area contributed by atoms with Gasteiger partial charge in [-0.15, -0.1) is 0 Å². The molecule has 4 aromatic rings. The first kappa shape index (κ1) is 17.2. The minimum absolute atomic E-state index is 0.160. The van der Waals surface area contributed by atoms with Gasteiger partial charge in [0.1, 0.15) is 0 Å². The fraction of sp³-hybridized carbons (Fsp3) is 0.158. The number of aromatic nitrogens is 5. The Bertz CT molecular complexity index is 1180. The molecule has 2 N–H and O–H groups in total. The molecule has 3 aromatic heterocycles. The number of fused-ring (bicyclic) bond motifs is 1. The first-order chi connectivity index (χ1) is 13.0. The van der Waals surface area contributed by atoms with Gasteiger partial charge < -0.3 is 14.9 Å². The van der Waals surface area contributed by atoms with E-state index in [1.54, 1.807) is 30.9 Å². The summed E-state index contributed by atoms with van der Waals surface area (Å²) in [6.45, 7) is 1.89. The second-order valence-electron chi connectivity index (χ2n) is 6.31. The van der Waals surface area contributed by atoms with Crippen molar-refractivity contribution in [2.45, 2.75) is 13.0 Å². The number of nitrogens with zero attached hydrogens (tertiary/aromatic N) is 4. The fourth-order valence-electron chi connectivity index (χ4n) is 2.96. The van der Waals surface area contributed by atoms with E-state index in [4.69, 9.17) is 11.6 Å². The Kier molecular flexibility index (Phi) is 4.37. The average molecular weight is 381 g/mol. The number of aromatic amines is 1. The van der Waals surface area contributed by atoms with Crippen LogP contribution in [0.15, 0.2) is 53.8 Å². The van der Waals surface area contributed by atoms with Crippen molar-refractivity contribution >= 4 is 28.5 Å². The van der Waals surface area contributed by atoms with Crippen molar-refractivity contribution in [2.24, 2.45) is 7.05 Å². The summed E-state index contributed by atoms with van der Waals surface area (Å²) in [4.78, 5) is 28.3. The lowest BCUT2D eigenvalue weighted by molar-refractivity contribution is 0.844. The van der Waals surface area contributed by atoms with Crippen LogP contribution in [0.25, 0.3) is 22.3 Å². The van der Waals surface area contributed by atoms with Gasteiger partial charge in [0.2, 0.25) is 5.95 Å². The zero-order chi connectivity index (χ0) is 19.0. The molecule has 0 saturated carbocycles. The summed E-state index contributed by atoms with van der Waals surface area (Å²) < 4.78 is 1.88. The highest BCUT2D eigenvalue weighted by molar-refractivity contribution is 6.31. The molecule has 1 atom stereocenters. The minimum atomic E-state index is -0.293. The highest BCUT2D eigenvalue weighted by Gasteiger charge is 2.14. The van der Waals surface area contributed by atoms with Crippen molar-refractivity contribution in [1.29, 1.82) is 0 Å². The number of anilines is 1. The first-order valence-electron chi connectivity index (χ1n) is 8.40. The maximum Gasteiger partial charge on any atom is 0.253 e. The number of pyridine rings is 1.